The molecule has 2 aromatic carbocycles. The lowest BCUT2D eigenvalue weighted by atomic mass is 10.2. The number of ether oxygens (including phenoxy) is 2. The Bertz CT molecular complexity index is 1600. The van der Waals surface area contributed by atoms with Gasteiger partial charge in [0, 0.05) is 0 Å². The molecule has 0 unspecified atom stereocenters. The molecule has 0 radical (unpaired) electrons. The van der Waals surface area contributed by atoms with E-state index in [0.717, 1.165) is 11.1 Å². The first-order chi connectivity index (χ1) is 18.6. The van der Waals surface area contributed by atoms with Gasteiger partial charge in [0.15, 0.2) is 0 Å². The summed E-state index contributed by atoms with van der Waals surface area (Å²) in [5.41, 5.74) is 2.19. The minimum absolute atomic E-state index is 0.0928. The number of pyridine rings is 2. The van der Waals surface area contributed by atoms with Crippen LogP contribution < -0.4 is 31.3 Å². The molecule has 0 aliphatic rings. The highest BCUT2D eigenvalue weighted by Gasteiger charge is 2.01. The zero-order valence-electron chi connectivity index (χ0n) is 20.3. The van der Waals surface area contributed by atoms with Crippen LogP contribution in [0.15, 0.2) is 107 Å². The Morgan fingerprint density at radius 3 is 1.37 bits per heavy atom. The first kappa shape index (κ1) is 24.5. The van der Waals surface area contributed by atoms with Crippen LogP contribution in [0, 0.1) is 0 Å². The molecule has 38 heavy (non-hydrogen) atoms. The Morgan fingerprint density at radius 1 is 0.579 bits per heavy atom. The van der Waals surface area contributed by atoms with Gasteiger partial charge < -0.3 is 19.4 Å². The van der Waals surface area contributed by atoms with Gasteiger partial charge >= 0.3 is 0 Å². The number of rotatable bonds is 8. The van der Waals surface area contributed by atoms with Crippen LogP contribution in [0.3, 0.4) is 0 Å². The van der Waals surface area contributed by atoms with E-state index < -0.39 is 11.1 Å². The molecule has 2 N–H and O–H groups in total. The van der Waals surface area contributed by atoms with Gasteiger partial charge in [-0.25, -0.2) is 0 Å². The molecule has 3 heterocycles. The van der Waals surface area contributed by atoms with Gasteiger partial charge in [0.2, 0.25) is 0 Å². The standard InChI is InChI=1S/C30H24N4O4/c35-29-27(15-23-11-13-25(17-31-23)37-19-21-7-3-1-4-8-21)33-30(36)28(34-29)16-24-12-14-26(18-32-24)38-20-22-9-5-2-6-10-22/h1-18H,19-20H2,(H,33,36)(H,34,35)/b27-15+,28-16+. The van der Waals surface area contributed by atoms with Crippen molar-refractivity contribution >= 4 is 12.2 Å². The van der Waals surface area contributed by atoms with E-state index in [1.807, 2.05) is 60.7 Å². The lowest BCUT2D eigenvalue weighted by molar-refractivity contribution is 0.305. The van der Waals surface area contributed by atoms with Crippen LogP contribution in [-0.2, 0) is 13.2 Å². The van der Waals surface area contributed by atoms with Crippen LogP contribution in [-0.4, -0.2) is 19.9 Å². The van der Waals surface area contributed by atoms with Gasteiger partial charge in [0.25, 0.3) is 11.1 Å². The molecule has 188 valence electrons. The van der Waals surface area contributed by atoms with Crippen LogP contribution in [0.5, 0.6) is 11.5 Å². The average Bonchev–Trinajstić information content (AvgIpc) is 2.96. The number of aromatic nitrogens is 4. The minimum Gasteiger partial charge on any atom is -0.487 e. The molecule has 8 nitrogen and oxygen atoms in total. The Morgan fingerprint density at radius 2 is 1.00 bits per heavy atom. The molecule has 5 aromatic rings. The Kier molecular flexibility index (Phi) is 7.51. The summed E-state index contributed by atoms with van der Waals surface area (Å²) in [5.74, 6) is 1.20. The quantitative estimate of drug-likeness (QED) is 0.336. The molecule has 0 bridgehead atoms. The molecule has 3 aromatic heterocycles. The molecule has 0 saturated heterocycles. The summed E-state index contributed by atoms with van der Waals surface area (Å²) >= 11 is 0. The monoisotopic (exact) mass is 504 g/mol. The Labute approximate surface area is 217 Å². The molecule has 5 rings (SSSR count). The number of H-pyrrole nitrogens is 2. The maximum Gasteiger partial charge on any atom is 0.272 e. The van der Waals surface area contributed by atoms with Gasteiger partial charge in [-0.1, -0.05) is 60.7 Å². The van der Waals surface area contributed by atoms with Gasteiger partial charge in [-0.15, -0.1) is 0 Å². The third kappa shape index (κ3) is 6.50. The third-order valence-corrected chi connectivity index (χ3v) is 5.59. The van der Waals surface area contributed by atoms with E-state index in [1.54, 1.807) is 36.7 Å². The molecule has 0 amide bonds. The molecule has 0 atom stereocenters. The second kappa shape index (κ2) is 11.7. The normalized spacial score (nSPS) is 11.9. The van der Waals surface area contributed by atoms with Gasteiger partial charge in [-0.2, -0.15) is 0 Å². The number of hydrogen-bond acceptors (Lipinski definition) is 6. The molecule has 0 aliphatic carbocycles. The van der Waals surface area contributed by atoms with E-state index in [-0.39, 0.29) is 10.7 Å². The minimum atomic E-state index is -0.454. The zero-order valence-corrected chi connectivity index (χ0v) is 20.3. The van der Waals surface area contributed by atoms with Crippen molar-refractivity contribution < 1.29 is 9.47 Å². The van der Waals surface area contributed by atoms with Gasteiger partial charge in [0.1, 0.15) is 35.4 Å². The van der Waals surface area contributed by atoms with Gasteiger partial charge in [-0.05, 0) is 47.5 Å². The fourth-order valence-corrected chi connectivity index (χ4v) is 3.60. The molecule has 0 aliphatic heterocycles. The smallest absolute Gasteiger partial charge is 0.272 e. The number of aromatic amines is 2. The summed E-state index contributed by atoms with van der Waals surface area (Å²) in [5, 5.41) is 0.186. The summed E-state index contributed by atoms with van der Waals surface area (Å²) in [6.07, 6.45) is 6.15. The van der Waals surface area contributed by atoms with E-state index in [4.69, 9.17) is 9.47 Å². The number of benzene rings is 2. The maximum absolute atomic E-state index is 12.6. The van der Waals surface area contributed by atoms with E-state index >= 15 is 0 Å². The summed E-state index contributed by atoms with van der Waals surface area (Å²) < 4.78 is 11.5. The Balaban J connectivity index is 1.28. The molecule has 0 saturated carbocycles. The number of nitrogens with zero attached hydrogens (tertiary/aromatic N) is 2. The van der Waals surface area contributed by atoms with E-state index in [2.05, 4.69) is 19.9 Å². The van der Waals surface area contributed by atoms with Crippen molar-refractivity contribution in [2.24, 2.45) is 0 Å². The van der Waals surface area contributed by atoms with Gasteiger partial charge in [-0.3, -0.25) is 19.6 Å². The Hall–Kier alpha value is -5.24. The van der Waals surface area contributed by atoms with Crippen molar-refractivity contribution in [3.63, 3.8) is 0 Å². The predicted molar refractivity (Wildman–Crippen MR) is 144 cm³/mol. The molecule has 0 spiro atoms. The lowest BCUT2D eigenvalue weighted by Gasteiger charge is -2.05. The highest BCUT2D eigenvalue weighted by molar-refractivity contribution is 5.45. The first-order valence-corrected chi connectivity index (χ1v) is 11.9. The predicted octanol–water partition coefficient (Wildman–Crippen LogP) is 2.67. The highest BCUT2D eigenvalue weighted by atomic mass is 16.5. The van der Waals surface area contributed by atoms with Crippen molar-refractivity contribution in [3.05, 3.63) is 151 Å². The molecular weight excluding hydrogens is 480 g/mol. The van der Waals surface area contributed by atoms with Crippen molar-refractivity contribution in [1.82, 2.24) is 19.9 Å². The summed E-state index contributed by atoms with van der Waals surface area (Å²) in [6.45, 7) is 0.851. The molecule has 0 fully saturated rings. The SMILES string of the molecule is O=c1[nH]/c(=C/c2ccc(OCc3ccccc3)cn2)c(=O)[nH]/c1=C/c1ccc(OCc2ccccc2)cn1. The summed E-state index contributed by atoms with van der Waals surface area (Å²) in [6, 6.07) is 26.6. The fourth-order valence-electron chi connectivity index (χ4n) is 3.60. The number of nitrogens with one attached hydrogen (secondary N) is 2. The average molecular weight is 505 g/mol. The van der Waals surface area contributed by atoms with Crippen LogP contribution in [0.2, 0.25) is 0 Å². The van der Waals surface area contributed by atoms with Crippen LogP contribution in [0.1, 0.15) is 22.5 Å². The molecule has 8 heteroatoms. The van der Waals surface area contributed by atoms with E-state index in [9.17, 15) is 9.59 Å². The highest BCUT2D eigenvalue weighted by Crippen LogP contribution is 2.13. The fraction of sp³-hybridized carbons (Fsp3) is 0.0667. The van der Waals surface area contributed by atoms with Crippen molar-refractivity contribution in [1.29, 1.82) is 0 Å². The summed E-state index contributed by atoms with van der Waals surface area (Å²) in [4.78, 5) is 39.1. The first-order valence-electron chi connectivity index (χ1n) is 11.9. The van der Waals surface area contributed by atoms with Crippen LogP contribution >= 0.6 is 0 Å². The van der Waals surface area contributed by atoms with E-state index in [1.165, 1.54) is 12.2 Å². The zero-order chi connectivity index (χ0) is 26.2. The van der Waals surface area contributed by atoms with E-state index in [0.29, 0.717) is 36.1 Å². The van der Waals surface area contributed by atoms with Crippen LogP contribution in [0.4, 0.5) is 0 Å². The second-order valence-electron chi connectivity index (χ2n) is 8.41. The lowest BCUT2D eigenvalue weighted by Crippen LogP contribution is -2.46. The summed E-state index contributed by atoms with van der Waals surface area (Å²) in [7, 11) is 0. The van der Waals surface area contributed by atoms with Gasteiger partial charge in [0.05, 0.1) is 23.8 Å². The largest absolute Gasteiger partial charge is 0.487 e. The van der Waals surface area contributed by atoms with Crippen LogP contribution in [0.25, 0.3) is 12.2 Å². The molecular formula is C30H24N4O4. The topological polar surface area (TPSA) is 110 Å². The van der Waals surface area contributed by atoms with Crippen molar-refractivity contribution in [3.8, 4) is 11.5 Å². The maximum atomic E-state index is 12.6. The van der Waals surface area contributed by atoms with Crippen molar-refractivity contribution in [2.75, 3.05) is 0 Å². The second-order valence-corrected chi connectivity index (χ2v) is 8.41. The van der Waals surface area contributed by atoms with Crippen molar-refractivity contribution in [2.45, 2.75) is 13.2 Å². The third-order valence-electron chi connectivity index (χ3n) is 5.59. The number of hydrogen-bond donors (Lipinski definition) is 2.